The number of methoxy groups -OCH3 is 2. The fourth-order valence-corrected chi connectivity index (χ4v) is 3.10. The summed E-state index contributed by atoms with van der Waals surface area (Å²) in [5.74, 6) is 1.68. The number of hydrogen-bond donors (Lipinski definition) is 1. The molecular formula is C23H25F2N3O2. The van der Waals surface area contributed by atoms with Crippen molar-refractivity contribution in [3.63, 3.8) is 0 Å². The highest BCUT2D eigenvalue weighted by atomic mass is 19.3. The molecule has 0 fully saturated rings. The number of rotatable bonds is 9. The second-order valence-corrected chi connectivity index (χ2v) is 6.68. The molecule has 1 heterocycles. The summed E-state index contributed by atoms with van der Waals surface area (Å²) in [5, 5.41) is 0. The molecule has 0 aliphatic carbocycles. The molecule has 0 radical (unpaired) electrons. The van der Waals surface area contributed by atoms with Crippen LogP contribution in [0.1, 0.15) is 24.1 Å². The minimum Gasteiger partial charge on any atom is -0.497 e. The third-order valence-electron chi connectivity index (χ3n) is 4.70. The summed E-state index contributed by atoms with van der Waals surface area (Å²) in [6, 6.07) is 15.3. The molecule has 30 heavy (non-hydrogen) atoms. The van der Waals surface area contributed by atoms with Crippen molar-refractivity contribution < 1.29 is 19.6 Å². The lowest BCUT2D eigenvalue weighted by Gasteiger charge is -2.28. The van der Waals surface area contributed by atoms with E-state index in [-0.39, 0.29) is 11.4 Å². The topological polar surface area (TPSA) is 60.6 Å². The number of halogens is 2. The molecule has 2 aromatic carbocycles. The minimum atomic E-state index is -3.07. The Hall–Kier alpha value is -3.19. The van der Waals surface area contributed by atoms with E-state index in [1.165, 1.54) is 18.3 Å². The molecule has 0 saturated heterocycles. The van der Waals surface area contributed by atoms with E-state index in [9.17, 15) is 8.78 Å². The fraction of sp³-hybridized carbons (Fsp3) is 0.261. The molecule has 0 aliphatic heterocycles. The lowest BCUT2D eigenvalue weighted by Crippen LogP contribution is -2.28. The van der Waals surface area contributed by atoms with E-state index >= 15 is 0 Å². The second kappa shape index (κ2) is 10.0. The van der Waals surface area contributed by atoms with Crippen LogP contribution < -0.4 is 20.1 Å². The van der Waals surface area contributed by atoms with Crippen LogP contribution >= 0.6 is 0 Å². The standard InChI is InChI=1S/C23H25F2N3O2/c1-29-18-9-5-16(6-10-18)14-28(15-17-7-11-19(30-2)12-8-17)23-20(4-3-13-27-23)21(26)22(24)25/h3-13,21-22H,14-15,26H2,1-2H3/t21-/m0/s1/i21D. The summed E-state index contributed by atoms with van der Waals surface area (Å²) < 4.78 is 45.6. The molecule has 5 nitrogen and oxygen atoms in total. The van der Waals surface area contributed by atoms with Crippen molar-refractivity contribution in [2.45, 2.75) is 25.5 Å². The number of nitrogens with zero attached hydrogens (tertiary/aromatic N) is 2. The van der Waals surface area contributed by atoms with Crippen molar-refractivity contribution in [1.29, 1.82) is 0 Å². The fourth-order valence-electron chi connectivity index (χ4n) is 3.10. The van der Waals surface area contributed by atoms with Gasteiger partial charge in [-0.05, 0) is 41.5 Å². The number of nitrogens with two attached hydrogens (primary N) is 1. The smallest absolute Gasteiger partial charge is 0.257 e. The number of benzene rings is 2. The average molecular weight is 414 g/mol. The molecule has 1 atom stereocenters. The van der Waals surface area contributed by atoms with Gasteiger partial charge < -0.3 is 20.1 Å². The highest BCUT2D eigenvalue weighted by Gasteiger charge is 2.24. The molecule has 0 aliphatic rings. The first-order valence-electron chi connectivity index (χ1n) is 9.88. The van der Waals surface area contributed by atoms with Crippen molar-refractivity contribution >= 4 is 5.82 Å². The van der Waals surface area contributed by atoms with Crippen LogP contribution in [0.25, 0.3) is 0 Å². The summed E-state index contributed by atoms with van der Waals surface area (Å²) in [5.41, 5.74) is 7.52. The van der Waals surface area contributed by atoms with Crippen molar-refractivity contribution in [2.24, 2.45) is 5.73 Å². The van der Waals surface area contributed by atoms with Gasteiger partial charge in [0.05, 0.1) is 21.6 Å². The van der Waals surface area contributed by atoms with Gasteiger partial charge in [-0.3, -0.25) is 0 Å². The molecule has 1 aromatic heterocycles. The summed E-state index contributed by atoms with van der Waals surface area (Å²) >= 11 is 0. The Bertz CT molecular complexity index is 933. The van der Waals surface area contributed by atoms with Crippen molar-refractivity contribution in [3.05, 3.63) is 83.6 Å². The monoisotopic (exact) mass is 414 g/mol. The van der Waals surface area contributed by atoms with Crippen LogP contribution in [0, 0.1) is 0 Å². The number of alkyl halides is 2. The Kier molecular flexibility index (Phi) is 6.72. The highest BCUT2D eigenvalue weighted by molar-refractivity contribution is 5.50. The Morgan fingerprint density at radius 2 is 1.43 bits per heavy atom. The zero-order valence-corrected chi connectivity index (χ0v) is 16.9. The first kappa shape index (κ1) is 20.1. The van der Waals surface area contributed by atoms with Crippen molar-refractivity contribution in [1.82, 2.24) is 4.98 Å². The van der Waals surface area contributed by atoms with Crippen LogP contribution in [0.15, 0.2) is 66.9 Å². The second-order valence-electron chi connectivity index (χ2n) is 6.68. The first-order valence-corrected chi connectivity index (χ1v) is 9.38. The Labute approximate surface area is 176 Å². The third-order valence-corrected chi connectivity index (χ3v) is 4.70. The molecule has 2 N–H and O–H groups in total. The quantitative estimate of drug-likeness (QED) is 0.556. The van der Waals surface area contributed by atoms with E-state index in [0.717, 1.165) is 11.1 Å². The van der Waals surface area contributed by atoms with Gasteiger partial charge in [0.15, 0.2) is 0 Å². The Morgan fingerprint density at radius 3 is 1.87 bits per heavy atom. The van der Waals surface area contributed by atoms with Gasteiger partial charge in [-0.15, -0.1) is 0 Å². The van der Waals surface area contributed by atoms with Crippen LogP contribution in [-0.4, -0.2) is 25.6 Å². The summed E-state index contributed by atoms with van der Waals surface area (Å²) in [6.45, 7) is 0.749. The summed E-state index contributed by atoms with van der Waals surface area (Å²) in [7, 11) is 3.18. The molecule has 3 aromatic rings. The third kappa shape index (κ3) is 5.24. The number of hydrogen-bond acceptors (Lipinski definition) is 5. The lowest BCUT2D eigenvalue weighted by molar-refractivity contribution is 0.116. The van der Waals surface area contributed by atoms with Gasteiger partial charge in [-0.2, -0.15) is 0 Å². The number of anilines is 1. The Balaban J connectivity index is 2.00. The molecule has 3 rings (SSSR count). The van der Waals surface area contributed by atoms with Crippen LogP contribution in [0.5, 0.6) is 11.5 Å². The van der Waals surface area contributed by atoms with Gasteiger partial charge >= 0.3 is 0 Å². The maximum Gasteiger partial charge on any atom is 0.257 e. The molecule has 7 heteroatoms. The molecule has 0 amide bonds. The SMILES string of the molecule is [2H][C@](N)(c1cccnc1N(Cc1ccc(OC)cc1)Cc1ccc(OC)cc1)C(F)F. The Morgan fingerprint density at radius 1 is 0.933 bits per heavy atom. The molecule has 158 valence electrons. The highest BCUT2D eigenvalue weighted by Crippen LogP contribution is 2.29. The zero-order chi connectivity index (χ0) is 22.4. The number of pyridine rings is 1. The van der Waals surface area contributed by atoms with Gasteiger partial charge in [-0.25, -0.2) is 13.8 Å². The van der Waals surface area contributed by atoms with Crippen molar-refractivity contribution in [3.8, 4) is 11.5 Å². The zero-order valence-electron chi connectivity index (χ0n) is 17.9. The van der Waals surface area contributed by atoms with E-state index in [1.807, 2.05) is 53.4 Å². The van der Waals surface area contributed by atoms with Gasteiger partial charge in [0.1, 0.15) is 17.3 Å². The lowest BCUT2D eigenvalue weighted by atomic mass is 10.1. The molecule has 0 saturated carbocycles. The molecule has 0 bridgehead atoms. The van der Waals surface area contributed by atoms with Crippen LogP contribution in [0.3, 0.4) is 0 Å². The van der Waals surface area contributed by atoms with Gasteiger partial charge in [0.2, 0.25) is 0 Å². The van der Waals surface area contributed by atoms with E-state index in [1.54, 1.807) is 14.2 Å². The van der Waals surface area contributed by atoms with Crippen LogP contribution in [0.2, 0.25) is 0 Å². The van der Waals surface area contributed by atoms with Crippen LogP contribution in [0.4, 0.5) is 14.6 Å². The van der Waals surface area contributed by atoms with E-state index in [2.05, 4.69) is 4.98 Å². The largest absolute Gasteiger partial charge is 0.497 e. The predicted molar refractivity (Wildman–Crippen MR) is 113 cm³/mol. The molecule has 0 spiro atoms. The van der Waals surface area contributed by atoms with Crippen molar-refractivity contribution in [2.75, 3.05) is 19.1 Å². The normalized spacial score (nSPS) is 13.5. The van der Waals surface area contributed by atoms with Gasteiger partial charge in [0, 0.05) is 24.8 Å². The molecule has 0 unspecified atom stereocenters. The number of ether oxygens (including phenoxy) is 2. The predicted octanol–water partition coefficient (Wildman–Crippen LogP) is 4.57. The van der Waals surface area contributed by atoms with Gasteiger partial charge in [-0.1, -0.05) is 30.3 Å². The maximum absolute atomic E-state index is 13.6. The van der Waals surface area contributed by atoms with Crippen LogP contribution in [-0.2, 0) is 13.1 Å². The van der Waals surface area contributed by atoms with E-state index < -0.39 is 12.4 Å². The summed E-state index contributed by atoms with van der Waals surface area (Å²) in [4.78, 5) is 6.16. The number of aromatic nitrogens is 1. The van der Waals surface area contributed by atoms with Gasteiger partial charge in [0.25, 0.3) is 6.43 Å². The maximum atomic E-state index is 13.6. The minimum absolute atomic E-state index is 0.0352. The first-order chi connectivity index (χ1) is 14.8. The van der Waals surface area contributed by atoms with E-state index in [0.29, 0.717) is 24.6 Å². The average Bonchev–Trinajstić information content (AvgIpc) is 2.79. The van der Waals surface area contributed by atoms with E-state index in [4.69, 9.17) is 16.6 Å². The summed E-state index contributed by atoms with van der Waals surface area (Å²) in [6.07, 6.45) is -1.56. The molecular weight excluding hydrogens is 388 g/mol.